The largest absolute Gasteiger partial charge is 0.310 e. The molecule has 0 saturated heterocycles. The second-order valence-electron chi connectivity index (χ2n) is 38.7. The number of anilines is 6. The maximum atomic E-state index is 2.48. The molecular weight excluding hydrogens is 1640 g/mol. The van der Waals surface area contributed by atoms with E-state index in [1.165, 1.54) is 189 Å². The molecule has 0 bridgehead atoms. The molecule has 4 atom stereocenters. The number of rotatable bonds is 14. The third-order valence-electron chi connectivity index (χ3n) is 31.5. The maximum absolute atomic E-state index is 2.48. The van der Waals surface area contributed by atoms with Gasteiger partial charge < -0.3 is 9.80 Å². The quantitative estimate of drug-likeness (QED) is 0.107. The Bertz CT molecular complexity index is 8300. The van der Waals surface area contributed by atoms with Gasteiger partial charge in [-0.25, -0.2) is 0 Å². The summed E-state index contributed by atoms with van der Waals surface area (Å²) in [7, 11) is 0. The summed E-state index contributed by atoms with van der Waals surface area (Å²) in [6.07, 6.45) is 0. The molecule has 0 heterocycles. The molecule has 2 heteroatoms. The number of nitrogens with zero attached hydrogens (tertiary/aromatic N) is 2. The molecule has 2 nitrogen and oxygen atoms in total. The molecule has 27 rings (SSSR count). The highest BCUT2D eigenvalue weighted by Gasteiger charge is 2.60. The van der Waals surface area contributed by atoms with Gasteiger partial charge in [-0.15, -0.1) is 0 Å². The van der Waals surface area contributed by atoms with E-state index in [4.69, 9.17) is 0 Å². The number of hydrogen-bond acceptors (Lipinski definition) is 2. The van der Waals surface area contributed by atoms with Gasteiger partial charge in [0.25, 0.3) is 0 Å². The van der Waals surface area contributed by atoms with Crippen LogP contribution in [-0.4, -0.2) is 0 Å². The first-order chi connectivity index (χ1) is 67.0. The van der Waals surface area contributed by atoms with Gasteiger partial charge in [0.05, 0.1) is 27.3 Å². The van der Waals surface area contributed by atoms with Crippen molar-refractivity contribution in [2.24, 2.45) is 0 Å². The fourth-order valence-corrected chi connectivity index (χ4v) is 25.7. The molecule has 0 amide bonds. The molecule has 21 aromatic rings. The highest BCUT2D eigenvalue weighted by molar-refractivity contribution is 6.01. The minimum absolute atomic E-state index is 0.128. The fourth-order valence-electron chi connectivity index (χ4n) is 25.7. The molecule has 0 saturated carbocycles. The molecule has 6 aliphatic carbocycles. The zero-order valence-corrected chi connectivity index (χ0v) is 76.4. The van der Waals surface area contributed by atoms with Gasteiger partial charge in [-0.1, -0.05) is 471 Å². The normalized spacial score (nSPS) is 17.6. The van der Waals surface area contributed by atoms with E-state index in [-0.39, 0.29) is 10.8 Å². The minimum Gasteiger partial charge on any atom is -0.310 e. The summed E-state index contributed by atoms with van der Waals surface area (Å²) in [5.74, 6) is 0. The third kappa shape index (κ3) is 11.5. The average molecular weight is 1730 g/mol. The summed E-state index contributed by atoms with van der Waals surface area (Å²) in [5.41, 5.74) is 46.0. The van der Waals surface area contributed by atoms with Crippen molar-refractivity contribution < 1.29 is 0 Å². The molecule has 0 aromatic heterocycles. The van der Waals surface area contributed by atoms with E-state index in [9.17, 15) is 0 Å². The Morgan fingerprint density at radius 2 is 0.412 bits per heavy atom. The Labute approximate surface area is 796 Å². The van der Waals surface area contributed by atoms with Crippen molar-refractivity contribution in [2.45, 2.75) is 60.2 Å². The van der Waals surface area contributed by atoms with Crippen molar-refractivity contribution in [3.8, 4) is 66.8 Å². The second kappa shape index (κ2) is 31.1. The molecule has 0 aliphatic heterocycles. The van der Waals surface area contributed by atoms with Gasteiger partial charge in [0.15, 0.2) is 0 Å². The fraction of sp³-hybridized carbons (Fsp3) is 0.0746. The lowest BCUT2D eigenvalue weighted by Gasteiger charge is -2.49. The van der Waals surface area contributed by atoms with Crippen LogP contribution in [0.2, 0.25) is 0 Å². The molecule has 0 spiro atoms. The molecule has 0 fully saturated rings. The van der Waals surface area contributed by atoms with Crippen LogP contribution >= 0.6 is 0 Å². The Morgan fingerprint density at radius 3 is 0.831 bits per heavy atom. The van der Waals surface area contributed by atoms with Crippen molar-refractivity contribution >= 4 is 44.9 Å². The zero-order chi connectivity index (χ0) is 90.6. The van der Waals surface area contributed by atoms with Crippen LogP contribution in [0.4, 0.5) is 34.1 Å². The Morgan fingerprint density at radius 1 is 0.154 bits per heavy atom. The van der Waals surface area contributed by atoms with Gasteiger partial charge in [0, 0.05) is 44.7 Å². The molecule has 642 valence electrons. The molecule has 21 aromatic carbocycles. The van der Waals surface area contributed by atoms with E-state index >= 15 is 0 Å². The molecule has 136 heavy (non-hydrogen) atoms. The Hall–Kier alpha value is -16.5. The van der Waals surface area contributed by atoms with Crippen molar-refractivity contribution in [1.82, 2.24) is 0 Å². The van der Waals surface area contributed by atoms with Gasteiger partial charge >= 0.3 is 0 Å². The Kier molecular flexibility index (Phi) is 18.3. The zero-order valence-electron chi connectivity index (χ0n) is 76.4. The first-order valence-corrected chi connectivity index (χ1v) is 47.9. The van der Waals surface area contributed by atoms with Crippen LogP contribution in [0.3, 0.4) is 0 Å². The highest BCUT2D eigenvalue weighted by atomic mass is 15.1. The van der Waals surface area contributed by atoms with E-state index in [2.05, 4.69) is 547 Å². The van der Waals surface area contributed by atoms with E-state index in [0.29, 0.717) is 0 Å². The number of fused-ring (bicyclic) bond motifs is 17. The summed E-state index contributed by atoms with van der Waals surface area (Å²) in [6, 6.07) is 191. The molecular formula is C134H96N2. The van der Waals surface area contributed by atoms with Gasteiger partial charge in [-0.3, -0.25) is 0 Å². The predicted molar refractivity (Wildman–Crippen MR) is 564 cm³/mol. The van der Waals surface area contributed by atoms with Gasteiger partial charge in [0.1, 0.15) is 0 Å². The van der Waals surface area contributed by atoms with Crippen LogP contribution in [0.5, 0.6) is 0 Å². The molecule has 0 N–H and O–H groups in total. The van der Waals surface area contributed by atoms with Gasteiger partial charge in [-0.2, -0.15) is 0 Å². The summed E-state index contributed by atoms with van der Waals surface area (Å²) in [4.78, 5) is 4.93. The van der Waals surface area contributed by atoms with Crippen molar-refractivity contribution in [1.29, 1.82) is 0 Å². The monoisotopic (exact) mass is 1730 g/mol. The maximum Gasteiger partial charge on any atom is 0.0720 e. The van der Waals surface area contributed by atoms with E-state index < -0.39 is 21.7 Å². The van der Waals surface area contributed by atoms with E-state index in [1.807, 2.05) is 0 Å². The summed E-state index contributed by atoms with van der Waals surface area (Å²) < 4.78 is 0. The standard InChI is InChI=1S/C71H51N.C63H45N/c1-69(2)62-28-14-12-25-58(62)60-46-45-57(47-67(60)69)72(55-41-37-51(38-42-55)50-35-33-49(34-36-50)48-19-6-3-7-20-48)56-43-39-54(40-44-56)70(52-21-8-4-9-22-52)64-30-16-17-31-65(64)71(53-23-10-5-11-24-53)63-29-15-13-26-59(63)61-27-18-32-66(70)68(61)71;1-61(2)53-29-13-11-26-49(53)51-40-39-47(41-58(51)61)64(59-34-17-20-42-19-9-10-25-48(42)59)46-37-35-45(36-38-46)62(43-21-5-3-6-22-43)55-31-15-16-32-56(55)63(44-23-7-4-8-24-44)54-30-14-12-27-50(54)52-28-18-33-57(62)60(52)63/h3-47H,1-2H3;3-41H,1-2H3. The lowest BCUT2D eigenvalue weighted by Crippen LogP contribution is -2.44. The van der Waals surface area contributed by atoms with Gasteiger partial charge in [-0.05, 0) is 250 Å². The van der Waals surface area contributed by atoms with Crippen LogP contribution < -0.4 is 9.80 Å². The first kappa shape index (κ1) is 80.3. The smallest absolute Gasteiger partial charge is 0.0720 e. The first-order valence-electron chi connectivity index (χ1n) is 47.9. The minimum atomic E-state index is -0.631. The van der Waals surface area contributed by atoms with Crippen LogP contribution in [0.15, 0.2) is 510 Å². The predicted octanol–water partition coefficient (Wildman–Crippen LogP) is 33.5. The van der Waals surface area contributed by atoms with Crippen molar-refractivity contribution in [3.63, 3.8) is 0 Å². The highest BCUT2D eigenvalue weighted by Crippen LogP contribution is 2.69. The summed E-state index contributed by atoms with van der Waals surface area (Å²) >= 11 is 0. The lowest BCUT2D eigenvalue weighted by molar-refractivity contribution is 0.626. The Balaban J connectivity index is 0.000000142. The van der Waals surface area contributed by atoms with Crippen molar-refractivity contribution in [2.75, 3.05) is 9.80 Å². The van der Waals surface area contributed by atoms with Crippen LogP contribution in [0.1, 0.15) is 139 Å². The third-order valence-corrected chi connectivity index (χ3v) is 31.5. The topological polar surface area (TPSA) is 6.48 Å². The average Bonchev–Trinajstić information content (AvgIpc) is 1.50. The number of hydrogen-bond donors (Lipinski definition) is 0. The van der Waals surface area contributed by atoms with Crippen LogP contribution in [0, 0.1) is 0 Å². The SMILES string of the molecule is CC1(C)c2ccccc2-c2ccc(N(c3ccc(-c4ccc(-c5ccccc5)cc4)cc3)c3ccc(C4(c5ccccc5)c5ccccc5C5(c6ccccc6)c6ccccc6-c6cccc4c65)cc3)cc21.CC1(C)c2ccccc2-c2ccc(N(c3ccc(C4(c5ccccc5)c5ccccc5C5(c6ccccc6)c6ccccc6-c6cccc4c65)cc3)c3cccc4ccccc34)cc21. The van der Waals surface area contributed by atoms with Gasteiger partial charge in [0.2, 0.25) is 0 Å². The molecule has 6 aliphatic rings. The summed E-state index contributed by atoms with van der Waals surface area (Å²) in [5, 5.41) is 2.44. The number of benzene rings is 21. The van der Waals surface area contributed by atoms with Crippen molar-refractivity contribution in [3.05, 3.63) is 621 Å². The van der Waals surface area contributed by atoms with Crippen LogP contribution in [0.25, 0.3) is 77.5 Å². The van der Waals surface area contributed by atoms with E-state index in [1.54, 1.807) is 0 Å². The van der Waals surface area contributed by atoms with E-state index in [0.717, 1.165) is 34.1 Å². The lowest BCUT2D eigenvalue weighted by atomic mass is 9.52. The molecule has 0 radical (unpaired) electrons. The molecule has 4 unspecified atom stereocenters. The summed E-state index contributed by atoms with van der Waals surface area (Å²) in [6.45, 7) is 9.48. The second-order valence-corrected chi connectivity index (χ2v) is 38.7. The van der Waals surface area contributed by atoms with Crippen LogP contribution in [-0.2, 0) is 32.5 Å².